The minimum atomic E-state index is 0.813. The van der Waals surface area contributed by atoms with Gasteiger partial charge in [-0.05, 0) is 141 Å². The summed E-state index contributed by atoms with van der Waals surface area (Å²) in [6.45, 7) is 6.50. The monoisotopic (exact) mass is 1320 g/mol. The van der Waals surface area contributed by atoms with Gasteiger partial charge in [-0.3, -0.25) is 13.7 Å². The molecule has 19 aromatic rings. The Bertz CT molecular complexity index is 6340. The van der Waals surface area contributed by atoms with Crippen LogP contribution in [0.15, 0.2) is 328 Å². The molecule has 0 N–H and O–H groups in total. The summed E-state index contributed by atoms with van der Waals surface area (Å²) in [5.74, 6) is 3.13. The molecular formula is C94H69N9. The van der Waals surface area contributed by atoms with Crippen LogP contribution in [0.5, 0.6) is 0 Å². The van der Waals surface area contributed by atoms with E-state index in [1.54, 1.807) is 0 Å². The third kappa shape index (κ3) is 11.2. The molecule has 490 valence electrons. The highest BCUT2D eigenvalue weighted by atomic mass is 15.1. The van der Waals surface area contributed by atoms with E-state index in [-0.39, 0.29) is 0 Å². The highest BCUT2D eigenvalue weighted by molar-refractivity contribution is 6.21. The Morgan fingerprint density at radius 1 is 0.223 bits per heavy atom. The minimum absolute atomic E-state index is 0.813. The fourth-order valence-corrected chi connectivity index (χ4v) is 15.0. The van der Waals surface area contributed by atoms with Crippen LogP contribution in [-0.4, -0.2) is 43.6 Å². The highest BCUT2D eigenvalue weighted by Crippen LogP contribution is 2.43. The van der Waals surface area contributed by atoms with E-state index in [9.17, 15) is 0 Å². The Morgan fingerprint density at radius 2 is 0.583 bits per heavy atom. The third-order valence-corrected chi connectivity index (χ3v) is 20.0. The number of para-hydroxylation sites is 6. The van der Waals surface area contributed by atoms with Crippen LogP contribution in [0, 0.1) is 0 Å². The zero-order valence-electron chi connectivity index (χ0n) is 57.3. The van der Waals surface area contributed by atoms with Crippen LogP contribution >= 0.6 is 0 Å². The van der Waals surface area contributed by atoms with Gasteiger partial charge < -0.3 is 0 Å². The first kappa shape index (κ1) is 62.0. The van der Waals surface area contributed by atoms with Crippen molar-refractivity contribution in [1.29, 1.82) is 0 Å². The molecule has 0 saturated heterocycles. The summed E-state index contributed by atoms with van der Waals surface area (Å²) in [5, 5.41) is 6.75. The zero-order chi connectivity index (χ0) is 68.9. The number of pyridine rings is 3. The molecule has 0 aliphatic carbocycles. The second kappa shape index (κ2) is 26.5. The first-order valence-corrected chi connectivity index (χ1v) is 35.5. The van der Waals surface area contributed by atoms with Crippen LogP contribution < -0.4 is 0 Å². The Kier molecular flexibility index (Phi) is 15.9. The Balaban J connectivity index is 0.000000149. The first-order chi connectivity index (χ1) is 50.9. The fourth-order valence-electron chi connectivity index (χ4n) is 15.0. The van der Waals surface area contributed by atoms with E-state index in [2.05, 4.69) is 344 Å². The van der Waals surface area contributed by atoms with Gasteiger partial charge in [-0.25, -0.2) is 29.9 Å². The van der Waals surface area contributed by atoms with Crippen LogP contribution in [0.3, 0.4) is 0 Å². The third-order valence-electron chi connectivity index (χ3n) is 20.0. The summed E-state index contributed by atoms with van der Waals surface area (Å²) in [6.07, 6.45) is 2.50. The lowest BCUT2D eigenvalue weighted by atomic mass is 9.95. The van der Waals surface area contributed by atoms with Crippen molar-refractivity contribution in [1.82, 2.24) is 43.6 Å². The number of benzene rings is 13. The van der Waals surface area contributed by atoms with Crippen molar-refractivity contribution in [3.8, 4) is 95.5 Å². The van der Waals surface area contributed by atoms with Crippen LogP contribution in [0.4, 0.5) is 0 Å². The van der Waals surface area contributed by atoms with Crippen LogP contribution in [-0.2, 0) is 19.3 Å². The predicted octanol–water partition coefficient (Wildman–Crippen LogP) is 23.5. The molecule has 0 aliphatic heterocycles. The van der Waals surface area contributed by atoms with Crippen molar-refractivity contribution in [3.63, 3.8) is 0 Å². The Hall–Kier alpha value is -13.2. The summed E-state index contributed by atoms with van der Waals surface area (Å²) in [7, 11) is 0. The van der Waals surface area contributed by atoms with Gasteiger partial charge in [-0.2, -0.15) is 0 Å². The molecule has 9 heteroatoms. The standard InChI is InChI=1S/C51H36N4.C43H33N5/c1-2-48-54-51-47(55(48)41-21-10-5-11-22-41)30-29-43-42-23-12-13-24-44(42)53-50(49(43)51)39-20-14-19-38(31-39)34-25-27-35(28-26-34)40-32-45(36-15-6-3-7-16-36)52-46(33-40)37-17-8-4-9-18-37;1-3-39-44-36-19-10-11-20-37(36)47(39)32-23-21-28(22-24-32)29-13-12-14-30(27-29)42-41-34(33-17-8-9-18-35(33)45-42)25-26-38-43(41)46-40(4-2)48(38)31-15-6-5-7-16-31/h3-33H,2H2,1H3;5-27H,3-4H2,1-2H3. The molecule has 0 spiro atoms. The molecule has 0 unspecified atom stereocenters. The van der Waals surface area contributed by atoms with E-state index >= 15 is 0 Å². The molecular weight excluding hydrogens is 1260 g/mol. The highest BCUT2D eigenvalue weighted by Gasteiger charge is 2.23. The number of aromatic nitrogens is 9. The van der Waals surface area contributed by atoms with Gasteiger partial charge in [0.15, 0.2) is 0 Å². The van der Waals surface area contributed by atoms with Gasteiger partial charge in [-0.15, -0.1) is 0 Å². The molecule has 0 radical (unpaired) electrons. The summed E-state index contributed by atoms with van der Waals surface area (Å²) < 4.78 is 6.85. The molecule has 0 atom stereocenters. The van der Waals surface area contributed by atoms with Crippen LogP contribution in [0.1, 0.15) is 38.2 Å². The van der Waals surface area contributed by atoms with E-state index in [4.69, 9.17) is 29.9 Å². The molecule has 9 nitrogen and oxygen atoms in total. The smallest absolute Gasteiger partial charge is 0.114 e. The lowest BCUT2D eigenvalue weighted by Crippen LogP contribution is -1.99. The zero-order valence-corrected chi connectivity index (χ0v) is 57.3. The molecule has 0 bridgehead atoms. The van der Waals surface area contributed by atoms with Crippen LogP contribution in [0.2, 0.25) is 0 Å². The quantitative estimate of drug-likeness (QED) is 0.107. The number of rotatable bonds is 13. The van der Waals surface area contributed by atoms with Gasteiger partial charge in [-0.1, -0.05) is 251 Å². The van der Waals surface area contributed by atoms with Gasteiger partial charge in [0, 0.05) is 80.1 Å². The lowest BCUT2D eigenvalue weighted by molar-refractivity contribution is 0.908. The number of hydrogen-bond acceptors (Lipinski definition) is 6. The largest absolute Gasteiger partial charge is 0.296 e. The van der Waals surface area contributed by atoms with E-state index in [0.717, 1.165) is 209 Å². The molecule has 0 aliphatic rings. The van der Waals surface area contributed by atoms with Crippen molar-refractivity contribution >= 4 is 76.5 Å². The average molecular weight is 1320 g/mol. The molecule has 103 heavy (non-hydrogen) atoms. The molecule has 0 saturated carbocycles. The number of fused-ring (bicyclic) bond motifs is 11. The fraction of sp³-hybridized carbons (Fsp3) is 0.0638. The predicted molar refractivity (Wildman–Crippen MR) is 426 cm³/mol. The molecule has 19 rings (SSSR count). The van der Waals surface area contributed by atoms with E-state index in [0.29, 0.717) is 0 Å². The Labute approximate surface area is 597 Å². The number of imidazole rings is 3. The maximum atomic E-state index is 5.36. The molecule has 6 heterocycles. The number of hydrogen-bond donors (Lipinski definition) is 0. The maximum Gasteiger partial charge on any atom is 0.114 e. The SMILES string of the molecule is CCc1nc2c3c(-c4cccc(-c5ccc(-c6cc(-c7ccccc7)nc(-c7ccccc7)c6)cc5)c4)nc4ccccc4c3ccc2n1-c1ccccc1.CCc1nc2ccccc2n1-c1ccc(-c2cccc(-c3nc4ccccc4c4ccc5c(nc(CC)n5-c5ccccc5)c34)c2)cc1. The van der Waals surface area contributed by atoms with Crippen molar-refractivity contribution < 1.29 is 0 Å². The second-order valence-corrected chi connectivity index (χ2v) is 26.1. The van der Waals surface area contributed by atoms with E-state index in [1.807, 2.05) is 18.2 Å². The van der Waals surface area contributed by atoms with E-state index in [1.165, 1.54) is 0 Å². The average Bonchev–Trinajstić information content (AvgIpc) is 1.67. The van der Waals surface area contributed by atoms with Crippen molar-refractivity contribution in [2.24, 2.45) is 0 Å². The second-order valence-electron chi connectivity index (χ2n) is 26.1. The van der Waals surface area contributed by atoms with Crippen molar-refractivity contribution in [3.05, 3.63) is 345 Å². The minimum Gasteiger partial charge on any atom is -0.296 e. The topological polar surface area (TPSA) is 92.1 Å². The van der Waals surface area contributed by atoms with Crippen molar-refractivity contribution in [2.45, 2.75) is 40.0 Å². The summed E-state index contributed by atoms with van der Waals surface area (Å²) in [6, 6.07) is 116. The normalized spacial score (nSPS) is 11.6. The van der Waals surface area contributed by atoms with Gasteiger partial charge in [0.05, 0.1) is 66.9 Å². The van der Waals surface area contributed by atoms with Crippen LogP contribution in [0.25, 0.3) is 172 Å². The van der Waals surface area contributed by atoms with Gasteiger partial charge in [0.25, 0.3) is 0 Å². The molecule has 13 aromatic carbocycles. The van der Waals surface area contributed by atoms with E-state index < -0.39 is 0 Å². The van der Waals surface area contributed by atoms with Crippen molar-refractivity contribution in [2.75, 3.05) is 0 Å². The first-order valence-electron chi connectivity index (χ1n) is 35.5. The van der Waals surface area contributed by atoms with Gasteiger partial charge in [0.1, 0.15) is 17.5 Å². The summed E-state index contributed by atoms with van der Waals surface area (Å²) >= 11 is 0. The lowest BCUT2D eigenvalue weighted by Gasteiger charge is -2.13. The Morgan fingerprint density at radius 3 is 1.05 bits per heavy atom. The maximum absolute atomic E-state index is 5.36. The summed E-state index contributed by atoms with van der Waals surface area (Å²) in [5.41, 5.74) is 26.6. The number of nitrogens with zero attached hydrogens (tertiary/aromatic N) is 9. The van der Waals surface area contributed by atoms with Gasteiger partial charge >= 0.3 is 0 Å². The molecule has 0 fully saturated rings. The summed E-state index contributed by atoms with van der Waals surface area (Å²) in [4.78, 5) is 31.3. The molecule has 6 aromatic heterocycles. The molecule has 0 amide bonds. The number of aryl methyl sites for hydroxylation is 3. The van der Waals surface area contributed by atoms with Gasteiger partial charge in [0.2, 0.25) is 0 Å².